The number of aliphatic hydroxyl groups excluding tert-OH is 1. The molecule has 1 atom stereocenters. The van der Waals surface area contributed by atoms with Crippen molar-refractivity contribution in [3.05, 3.63) is 106 Å². The molecule has 0 radical (unpaired) electrons. The third kappa shape index (κ3) is 5.39. The summed E-state index contributed by atoms with van der Waals surface area (Å²) in [7, 11) is 0. The van der Waals surface area contributed by atoms with Gasteiger partial charge >= 0.3 is 5.91 Å². The summed E-state index contributed by atoms with van der Waals surface area (Å²) in [5.41, 5.74) is 3.98. The number of ether oxygens (including phenoxy) is 1. The minimum Gasteiger partial charge on any atom is -0.505 e. The quantitative estimate of drug-likeness (QED) is 0.0657. The van der Waals surface area contributed by atoms with Crippen molar-refractivity contribution in [3.8, 4) is 5.75 Å². The van der Waals surface area contributed by atoms with Crippen molar-refractivity contribution >= 4 is 62.9 Å². The second-order valence-corrected chi connectivity index (χ2v) is 12.5. The highest BCUT2D eigenvalue weighted by Crippen LogP contribution is 2.45. The Morgan fingerprint density at radius 2 is 1.88 bits per heavy atom. The number of hydrogen-bond donors (Lipinski definition) is 1. The number of amides is 1. The van der Waals surface area contributed by atoms with E-state index in [1.807, 2.05) is 67.8 Å². The maximum absolute atomic E-state index is 13.7. The van der Waals surface area contributed by atoms with E-state index in [2.05, 4.69) is 15.2 Å². The van der Waals surface area contributed by atoms with Crippen LogP contribution in [0.15, 0.2) is 76.8 Å². The molecule has 3 aromatic heterocycles. The molecule has 218 valence electrons. The number of fused-ring (bicyclic) bond motifs is 1. The number of carbonyl (C=O) groups is 2. The van der Waals surface area contributed by atoms with Crippen LogP contribution < -0.4 is 9.64 Å². The lowest BCUT2D eigenvalue weighted by Gasteiger charge is -2.22. The molecule has 4 heterocycles. The number of benzene rings is 2. The lowest BCUT2D eigenvalue weighted by molar-refractivity contribution is -0.132. The van der Waals surface area contributed by atoms with E-state index in [-0.39, 0.29) is 22.2 Å². The summed E-state index contributed by atoms with van der Waals surface area (Å²) in [5, 5.41) is 21.2. The van der Waals surface area contributed by atoms with Crippen LogP contribution in [0.3, 0.4) is 0 Å². The van der Waals surface area contributed by atoms with E-state index in [1.165, 1.54) is 28.0 Å². The van der Waals surface area contributed by atoms with Gasteiger partial charge in [-0.15, -0.1) is 10.2 Å². The first-order valence-corrected chi connectivity index (χ1v) is 15.6. The molecule has 1 aliphatic rings. The molecule has 12 heteroatoms. The number of carbonyl (C=O) groups excluding carboxylic acids is 2. The Labute approximate surface area is 260 Å². The fourth-order valence-electron chi connectivity index (χ4n) is 5.04. The molecular formula is C31H26ClN5O4S2. The fourth-order valence-corrected chi connectivity index (χ4v) is 6.99. The van der Waals surface area contributed by atoms with Crippen molar-refractivity contribution in [1.82, 2.24) is 19.6 Å². The molecule has 2 aromatic carbocycles. The Hall–Kier alpha value is -4.19. The lowest BCUT2D eigenvalue weighted by Crippen LogP contribution is -2.29. The van der Waals surface area contributed by atoms with Crippen LogP contribution in [-0.4, -0.2) is 43.0 Å². The summed E-state index contributed by atoms with van der Waals surface area (Å²) in [5.74, 6) is -0.798. The van der Waals surface area contributed by atoms with E-state index in [0.29, 0.717) is 44.4 Å². The third-order valence-electron chi connectivity index (χ3n) is 7.12. The van der Waals surface area contributed by atoms with Crippen LogP contribution in [0.25, 0.3) is 11.4 Å². The highest BCUT2D eigenvalue weighted by Gasteiger charge is 2.49. The Kier molecular flexibility index (Phi) is 7.95. The number of anilines is 1. The van der Waals surface area contributed by atoms with Gasteiger partial charge in [0, 0.05) is 17.0 Å². The Morgan fingerprint density at radius 1 is 1.09 bits per heavy atom. The predicted molar refractivity (Wildman–Crippen MR) is 168 cm³/mol. The van der Waals surface area contributed by atoms with Gasteiger partial charge in [0.05, 0.1) is 23.9 Å². The van der Waals surface area contributed by atoms with E-state index in [1.54, 1.807) is 24.3 Å². The van der Waals surface area contributed by atoms with Gasteiger partial charge < -0.3 is 14.2 Å². The zero-order valence-electron chi connectivity index (χ0n) is 23.4. The topological polar surface area (TPSA) is 110 Å². The summed E-state index contributed by atoms with van der Waals surface area (Å²) >= 11 is 8.67. The molecular weight excluding hydrogens is 606 g/mol. The maximum atomic E-state index is 13.7. The Balaban J connectivity index is 1.44. The van der Waals surface area contributed by atoms with E-state index >= 15 is 0 Å². The van der Waals surface area contributed by atoms with Gasteiger partial charge in [-0.1, -0.05) is 65.0 Å². The molecule has 0 spiro atoms. The number of thioether (sulfide) groups is 1. The number of hydrogen-bond acceptors (Lipinski definition) is 9. The van der Waals surface area contributed by atoms with Crippen LogP contribution in [0.4, 0.5) is 5.13 Å². The number of rotatable bonds is 8. The summed E-state index contributed by atoms with van der Waals surface area (Å²) in [6.45, 7) is 6.04. The summed E-state index contributed by atoms with van der Waals surface area (Å²) < 4.78 is 8.19. The van der Waals surface area contributed by atoms with Gasteiger partial charge in [-0.3, -0.25) is 14.5 Å². The molecule has 1 aliphatic heterocycles. The van der Waals surface area contributed by atoms with Crippen LogP contribution in [-0.2, 0) is 15.3 Å². The molecule has 1 unspecified atom stereocenters. The normalized spacial score (nSPS) is 16.4. The van der Waals surface area contributed by atoms with Crippen LogP contribution in [0.5, 0.6) is 5.75 Å². The van der Waals surface area contributed by atoms with Gasteiger partial charge in [-0.25, -0.2) is 4.98 Å². The van der Waals surface area contributed by atoms with Gasteiger partial charge in [0.15, 0.2) is 10.1 Å². The van der Waals surface area contributed by atoms with Crippen molar-refractivity contribution in [2.45, 2.75) is 36.9 Å². The molecule has 5 aromatic rings. The lowest BCUT2D eigenvalue weighted by atomic mass is 9.96. The first-order valence-electron chi connectivity index (χ1n) is 13.5. The number of aliphatic hydroxyl groups is 1. The van der Waals surface area contributed by atoms with Crippen LogP contribution in [0, 0.1) is 13.8 Å². The second-order valence-electron chi connectivity index (χ2n) is 9.87. The molecule has 6 rings (SSSR count). The van der Waals surface area contributed by atoms with E-state index < -0.39 is 17.7 Å². The van der Waals surface area contributed by atoms with Crippen molar-refractivity contribution in [2.24, 2.45) is 0 Å². The van der Waals surface area contributed by atoms with Gasteiger partial charge in [-0.2, -0.15) is 0 Å². The van der Waals surface area contributed by atoms with Crippen LogP contribution in [0.1, 0.15) is 41.0 Å². The van der Waals surface area contributed by atoms with Crippen molar-refractivity contribution in [2.75, 3.05) is 11.5 Å². The zero-order chi connectivity index (χ0) is 30.2. The molecule has 43 heavy (non-hydrogen) atoms. The van der Waals surface area contributed by atoms with E-state index in [9.17, 15) is 14.7 Å². The Morgan fingerprint density at radius 3 is 2.63 bits per heavy atom. The fraction of sp³-hybridized carbons (Fsp3) is 0.194. The first kappa shape index (κ1) is 28.9. The highest BCUT2D eigenvalue weighted by atomic mass is 35.5. The molecule has 0 saturated carbocycles. The zero-order valence-corrected chi connectivity index (χ0v) is 25.8. The van der Waals surface area contributed by atoms with Crippen LogP contribution >= 0.6 is 34.7 Å². The van der Waals surface area contributed by atoms with Crippen LogP contribution in [0.2, 0.25) is 5.02 Å². The molecule has 1 N–H and O–H groups in total. The van der Waals surface area contributed by atoms with E-state index in [4.69, 9.17) is 16.3 Å². The summed E-state index contributed by atoms with van der Waals surface area (Å²) in [6.07, 6.45) is 1.84. The number of aromatic nitrogens is 4. The molecule has 9 nitrogen and oxygen atoms in total. The van der Waals surface area contributed by atoms with E-state index in [0.717, 1.165) is 11.1 Å². The number of ketones is 1. The number of Topliss-reactive ketones (excluding diaryl/α,β-unsaturated/α-hetero) is 1. The molecule has 1 saturated heterocycles. The predicted octanol–water partition coefficient (Wildman–Crippen LogP) is 6.77. The van der Waals surface area contributed by atoms with Crippen molar-refractivity contribution < 1.29 is 19.4 Å². The average Bonchev–Trinajstić information content (AvgIpc) is 3.68. The smallest absolute Gasteiger partial charge is 0.301 e. The molecule has 0 aliphatic carbocycles. The standard InChI is InChI=1S/C31H26ClN5O4S2/c1-4-41-22-9-5-8-20(15-22)25-23(26(38)24-18(3)36-14-6-7-17(2)28(36)33-24)27(39)29(40)37(25)30-34-35-31(43-30)42-16-19-10-12-21(32)13-11-19/h5-15,25,38H,4,16H2,1-3H3. The van der Waals surface area contributed by atoms with Gasteiger partial charge in [-0.05, 0) is 67.8 Å². The minimum atomic E-state index is -0.979. The SMILES string of the molecule is CCOc1cccc(C2C(=C(O)c3nc4c(C)cccn4c3C)C(=O)C(=O)N2c2nnc(SCc3ccc(Cl)cc3)s2)c1. The summed E-state index contributed by atoms with van der Waals surface area (Å²) in [4.78, 5) is 33.3. The second kappa shape index (κ2) is 11.8. The first-order chi connectivity index (χ1) is 20.8. The number of imidazole rings is 1. The van der Waals surface area contributed by atoms with Gasteiger partial charge in [0.2, 0.25) is 5.13 Å². The third-order valence-corrected chi connectivity index (χ3v) is 9.49. The number of halogens is 1. The largest absolute Gasteiger partial charge is 0.505 e. The van der Waals surface area contributed by atoms with Crippen molar-refractivity contribution in [3.63, 3.8) is 0 Å². The number of aryl methyl sites for hydroxylation is 2. The van der Waals surface area contributed by atoms with Gasteiger partial charge in [0.25, 0.3) is 5.78 Å². The minimum absolute atomic E-state index is 0.0756. The summed E-state index contributed by atoms with van der Waals surface area (Å²) in [6, 6.07) is 17.5. The molecule has 1 fully saturated rings. The number of pyridine rings is 1. The molecule has 0 bridgehead atoms. The Bertz CT molecular complexity index is 1900. The van der Waals surface area contributed by atoms with Crippen molar-refractivity contribution in [1.29, 1.82) is 0 Å². The maximum Gasteiger partial charge on any atom is 0.301 e. The monoisotopic (exact) mass is 631 g/mol. The highest BCUT2D eigenvalue weighted by molar-refractivity contribution is 8.00. The molecule has 1 amide bonds. The number of nitrogens with zero attached hydrogens (tertiary/aromatic N) is 5. The van der Waals surface area contributed by atoms with Gasteiger partial charge in [0.1, 0.15) is 17.1 Å². The average molecular weight is 632 g/mol.